The molecule has 0 aliphatic heterocycles. The van der Waals surface area contributed by atoms with Gasteiger partial charge < -0.3 is 10.6 Å². The number of pyridine rings is 1. The third kappa shape index (κ3) is 3.10. The van der Waals surface area contributed by atoms with E-state index in [9.17, 15) is 0 Å². The Bertz CT molecular complexity index is 565. The molecule has 0 radical (unpaired) electrons. The Morgan fingerprint density at radius 2 is 2.00 bits per heavy atom. The zero-order chi connectivity index (χ0) is 14.5. The van der Waals surface area contributed by atoms with Gasteiger partial charge >= 0.3 is 0 Å². The summed E-state index contributed by atoms with van der Waals surface area (Å²) >= 11 is 0. The van der Waals surface area contributed by atoms with E-state index < -0.39 is 0 Å². The van der Waals surface area contributed by atoms with Crippen LogP contribution in [-0.4, -0.2) is 18.1 Å². The smallest absolute Gasteiger partial charge is 0.136 e. The molecule has 2 N–H and O–H groups in total. The van der Waals surface area contributed by atoms with Crippen LogP contribution in [0.2, 0.25) is 0 Å². The molecule has 0 amide bonds. The predicted molar refractivity (Wildman–Crippen MR) is 87.0 cm³/mol. The first-order valence-corrected chi connectivity index (χ1v) is 7.53. The summed E-state index contributed by atoms with van der Waals surface area (Å²) in [6.07, 6.45) is 1.19. The largest absolute Gasteiger partial charge is 0.356 e. The van der Waals surface area contributed by atoms with E-state index in [-0.39, 0.29) is 0 Å². The maximum atomic E-state index is 5.80. The Morgan fingerprint density at radius 1 is 1.25 bits per heavy atom. The standard InChI is InChI=1S/C17H25N3/c1-4-13(3)12-20(5-2)17-16-9-7-6-8-14(16)10-15(11-18)19-17/h6-10,13H,4-5,11-12,18H2,1-3H3. The highest BCUT2D eigenvalue weighted by atomic mass is 15.2. The molecule has 0 aliphatic carbocycles. The lowest BCUT2D eigenvalue weighted by Gasteiger charge is -2.26. The van der Waals surface area contributed by atoms with Gasteiger partial charge in [-0.3, -0.25) is 0 Å². The molecule has 0 saturated carbocycles. The van der Waals surface area contributed by atoms with E-state index in [0.29, 0.717) is 12.5 Å². The van der Waals surface area contributed by atoms with Crippen LogP contribution in [0.4, 0.5) is 5.82 Å². The first-order chi connectivity index (χ1) is 9.69. The normalized spacial score (nSPS) is 12.6. The van der Waals surface area contributed by atoms with Crippen molar-refractivity contribution in [2.24, 2.45) is 11.7 Å². The number of hydrogen-bond donors (Lipinski definition) is 1. The van der Waals surface area contributed by atoms with Gasteiger partial charge in [-0.15, -0.1) is 0 Å². The van der Waals surface area contributed by atoms with Gasteiger partial charge in [0.15, 0.2) is 0 Å². The molecule has 1 aromatic carbocycles. The number of nitrogens with two attached hydrogens (primary N) is 1. The summed E-state index contributed by atoms with van der Waals surface area (Å²) in [6.45, 7) is 9.21. The topological polar surface area (TPSA) is 42.2 Å². The van der Waals surface area contributed by atoms with Crippen LogP contribution in [0.1, 0.15) is 32.9 Å². The summed E-state index contributed by atoms with van der Waals surface area (Å²) in [4.78, 5) is 7.15. The molecule has 0 fully saturated rings. The number of nitrogens with zero attached hydrogens (tertiary/aromatic N) is 2. The minimum atomic E-state index is 0.485. The first kappa shape index (κ1) is 14.8. The van der Waals surface area contributed by atoms with Gasteiger partial charge in [0.1, 0.15) is 5.82 Å². The van der Waals surface area contributed by atoms with Crippen LogP contribution in [0.5, 0.6) is 0 Å². The molecule has 2 rings (SSSR count). The van der Waals surface area contributed by atoms with E-state index in [4.69, 9.17) is 10.7 Å². The van der Waals surface area contributed by atoms with Crippen molar-refractivity contribution < 1.29 is 0 Å². The van der Waals surface area contributed by atoms with Gasteiger partial charge in [-0.05, 0) is 24.3 Å². The number of rotatable bonds is 6. The van der Waals surface area contributed by atoms with Crippen LogP contribution in [0, 0.1) is 5.92 Å². The van der Waals surface area contributed by atoms with E-state index >= 15 is 0 Å². The van der Waals surface area contributed by atoms with Gasteiger partial charge in [-0.2, -0.15) is 0 Å². The lowest BCUT2D eigenvalue weighted by molar-refractivity contribution is 0.546. The minimum absolute atomic E-state index is 0.485. The lowest BCUT2D eigenvalue weighted by Crippen LogP contribution is -2.29. The van der Waals surface area contributed by atoms with Crippen molar-refractivity contribution in [1.82, 2.24) is 4.98 Å². The summed E-state index contributed by atoms with van der Waals surface area (Å²) in [5, 5.41) is 2.44. The molecule has 1 unspecified atom stereocenters. The Morgan fingerprint density at radius 3 is 2.65 bits per heavy atom. The fourth-order valence-corrected chi connectivity index (χ4v) is 2.45. The molecule has 20 heavy (non-hydrogen) atoms. The highest BCUT2D eigenvalue weighted by Crippen LogP contribution is 2.26. The Labute approximate surface area is 121 Å². The Hall–Kier alpha value is -1.61. The molecule has 0 spiro atoms. The summed E-state index contributed by atoms with van der Waals surface area (Å²) < 4.78 is 0. The van der Waals surface area contributed by atoms with Crippen LogP contribution in [-0.2, 0) is 6.54 Å². The second-order valence-corrected chi connectivity index (χ2v) is 5.41. The van der Waals surface area contributed by atoms with Gasteiger partial charge in [0.25, 0.3) is 0 Å². The molecule has 108 valence electrons. The number of fused-ring (bicyclic) bond motifs is 1. The minimum Gasteiger partial charge on any atom is -0.356 e. The molecule has 0 bridgehead atoms. The van der Waals surface area contributed by atoms with Crippen LogP contribution < -0.4 is 10.6 Å². The van der Waals surface area contributed by atoms with Crippen LogP contribution in [0.15, 0.2) is 30.3 Å². The van der Waals surface area contributed by atoms with Gasteiger partial charge in [0.05, 0.1) is 5.69 Å². The maximum absolute atomic E-state index is 5.80. The fourth-order valence-electron chi connectivity index (χ4n) is 2.45. The van der Waals surface area contributed by atoms with Gasteiger partial charge in [0.2, 0.25) is 0 Å². The molecule has 2 aromatic rings. The van der Waals surface area contributed by atoms with Crippen molar-refractivity contribution in [3.8, 4) is 0 Å². The van der Waals surface area contributed by atoms with Gasteiger partial charge in [-0.25, -0.2) is 4.98 Å². The predicted octanol–water partition coefficient (Wildman–Crippen LogP) is 3.57. The molecule has 3 heteroatoms. The molecule has 1 atom stereocenters. The molecule has 3 nitrogen and oxygen atoms in total. The molecule has 0 saturated heterocycles. The van der Waals surface area contributed by atoms with E-state index in [2.05, 4.69) is 56.0 Å². The second kappa shape index (κ2) is 6.71. The quantitative estimate of drug-likeness (QED) is 0.873. The molecular formula is C17H25N3. The molecular weight excluding hydrogens is 246 g/mol. The zero-order valence-corrected chi connectivity index (χ0v) is 12.8. The highest BCUT2D eigenvalue weighted by molar-refractivity contribution is 5.92. The van der Waals surface area contributed by atoms with Crippen LogP contribution in [0.3, 0.4) is 0 Å². The summed E-state index contributed by atoms with van der Waals surface area (Å²) in [5.74, 6) is 1.74. The van der Waals surface area contributed by atoms with E-state index in [1.54, 1.807) is 0 Å². The monoisotopic (exact) mass is 271 g/mol. The summed E-state index contributed by atoms with van der Waals surface area (Å²) in [6, 6.07) is 10.5. The van der Waals surface area contributed by atoms with Crippen molar-refractivity contribution >= 4 is 16.6 Å². The van der Waals surface area contributed by atoms with Crippen LogP contribution >= 0.6 is 0 Å². The molecule has 0 aliphatic rings. The highest BCUT2D eigenvalue weighted by Gasteiger charge is 2.14. The number of hydrogen-bond acceptors (Lipinski definition) is 3. The van der Waals surface area contributed by atoms with E-state index in [1.807, 2.05) is 0 Å². The van der Waals surface area contributed by atoms with E-state index in [0.717, 1.165) is 24.6 Å². The van der Waals surface area contributed by atoms with Crippen molar-refractivity contribution in [2.45, 2.75) is 33.7 Å². The maximum Gasteiger partial charge on any atom is 0.136 e. The summed E-state index contributed by atoms with van der Waals surface area (Å²) in [5.41, 5.74) is 6.76. The number of aromatic nitrogens is 1. The van der Waals surface area contributed by atoms with Gasteiger partial charge in [0, 0.05) is 25.0 Å². The number of anilines is 1. The Balaban J connectivity index is 2.49. The average molecular weight is 271 g/mol. The number of benzene rings is 1. The van der Waals surface area contributed by atoms with E-state index in [1.165, 1.54) is 17.2 Å². The average Bonchev–Trinajstić information content (AvgIpc) is 2.51. The molecule has 1 heterocycles. The fraction of sp³-hybridized carbons (Fsp3) is 0.471. The van der Waals surface area contributed by atoms with Gasteiger partial charge in [-0.1, -0.05) is 44.5 Å². The summed E-state index contributed by atoms with van der Waals surface area (Å²) in [7, 11) is 0. The first-order valence-electron chi connectivity index (χ1n) is 7.53. The van der Waals surface area contributed by atoms with Crippen molar-refractivity contribution in [3.63, 3.8) is 0 Å². The zero-order valence-electron chi connectivity index (χ0n) is 12.8. The second-order valence-electron chi connectivity index (χ2n) is 5.41. The Kier molecular flexibility index (Phi) is 4.96. The van der Waals surface area contributed by atoms with Crippen LogP contribution in [0.25, 0.3) is 10.8 Å². The van der Waals surface area contributed by atoms with Crippen molar-refractivity contribution in [1.29, 1.82) is 0 Å². The SMILES string of the molecule is CCC(C)CN(CC)c1nc(CN)cc2ccccc12. The lowest BCUT2D eigenvalue weighted by atomic mass is 10.1. The third-order valence-corrected chi connectivity index (χ3v) is 3.89. The molecule has 1 aromatic heterocycles. The van der Waals surface area contributed by atoms with Crippen molar-refractivity contribution in [2.75, 3.05) is 18.0 Å². The third-order valence-electron chi connectivity index (χ3n) is 3.89. The van der Waals surface area contributed by atoms with Crippen molar-refractivity contribution in [3.05, 3.63) is 36.0 Å².